The van der Waals surface area contributed by atoms with Crippen molar-refractivity contribution in [1.82, 2.24) is 0 Å². The van der Waals surface area contributed by atoms with E-state index in [9.17, 15) is 18.1 Å². The van der Waals surface area contributed by atoms with Crippen LogP contribution in [-0.2, 0) is 10.1 Å². The van der Waals surface area contributed by atoms with Crippen molar-refractivity contribution in [3.05, 3.63) is 0 Å². The number of rotatable bonds is 21. The van der Waals surface area contributed by atoms with E-state index in [-0.39, 0.29) is 57.5 Å². The van der Waals surface area contributed by atoms with Crippen molar-refractivity contribution in [3.8, 4) is 0 Å². The molecule has 0 aromatic rings. The van der Waals surface area contributed by atoms with Crippen LogP contribution in [0, 0.1) is 0 Å². The van der Waals surface area contributed by atoms with Gasteiger partial charge in [-0.2, -0.15) is 0 Å². The third-order valence-corrected chi connectivity index (χ3v) is 7.00. The molecule has 0 saturated carbocycles. The van der Waals surface area contributed by atoms with Crippen molar-refractivity contribution in [1.29, 1.82) is 0 Å². The van der Waals surface area contributed by atoms with Crippen LogP contribution in [0.15, 0.2) is 0 Å². The molecule has 0 aliphatic carbocycles. The second-order valence-electron chi connectivity index (χ2n) is 8.63. The summed E-state index contributed by atoms with van der Waals surface area (Å²) in [4.78, 5) is 0. The Labute approximate surface area is 224 Å². The van der Waals surface area contributed by atoms with E-state index in [1.165, 1.54) is 90.4 Å². The van der Waals surface area contributed by atoms with Crippen molar-refractivity contribution in [2.75, 3.05) is 0 Å². The molecule has 0 amide bonds. The molecule has 0 saturated heterocycles. The predicted octanol–water partition coefficient (Wildman–Crippen LogP) is 3.72. The largest absolute Gasteiger partial charge is 1.00 e. The molecule has 170 valence electrons. The standard InChI is InChI=1S/C23H48O4S.K/c1-3-4-16-20-23(24)21-18-15-13-11-9-7-5-6-8-10-12-14-17-19-22(2)28(25,26)27;/h22-24H,3-21H2,1-2H3,(H,25,26,27);/q;+1/p-1. The van der Waals surface area contributed by atoms with Crippen molar-refractivity contribution >= 4 is 10.1 Å². The molecule has 0 aliphatic rings. The summed E-state index contributed by atoms with van der Waals surface area (Å²) < 4.78 is 32.4. The fourth-order valence-electron chi connectivity index (χ4n) is 3.67. The molecule has 0 rings (SSSR count). The van der Waals surface area contributed by atoms with E-state index in [2.05, 4.69) is 6.92 Å². The van der Waals surface area contributed by atoms with Crippen LogP contribution >= 0.6 is 0 Å². The maximum absolute atomic E-state index is 10.8. The van der Waals surface area contributed by atoms with Crippen LogP contribution in [0.4, 0.5) is 0 Å². The van der Waals surface area contributed by atoms with Crippen LogP contribution in [0.1, 0.15) is 136 Å². The van der Waals surface area contributed by atoms with Crippen LogP contribution in [0.2, 0.25) is 0 Å². The van der Waals surface area contributed by atoms with Crippen molar-refractivity contribution in [3.63, 3.8) is 0 Å². The first-order valence-corrected chi connectivity index (χ1v) is 13.5. The number of aliphatic hydroxyl groups excluding tert-OH is 1. The van der Waals surface area contributed by atoms with Gasteiger partial charge in [-0.15, -0.1) is 0 Å². The Morgan fingerprint density at radius 1 is 0.655 bits per heavy atom. The Bertz CT molecular complexity index is 429. The van der Waals surface area contributed by atoms with Gasteiger partial charge in [0, 0.05) is 5.25 Å². The van der Waals surface area contributed by atoms with Gasteiger partial charge in [-0.25, -0.2) is 8.42 Å². The average molecular weight is 459 g/mol. The maximum Gasteiger partial charge on any atom is 1.00 e. The van der Waals surface area contributed by atoms with E-state index < -0.39 is 15.4 Å². The van der Waals surface area contributed by atoms with E-state index in [0.717, 1.165) is 32.1 Å². The van der Waals surface area contributed by atoms with E-state index in [0.29, 0.717) is 6.42 Å². The number of aliphatic hydroxyl groups is 1. The van der Waals surface area contributed by atoms with Crippen LogP contribution in [-0.4, -0.2) is 29.4 Å². The van der Waals surface area contributed by atoms with Crippen LogP contribution < -0.4 is 51.4 Å². The summed E-state index contributed by atoms with van der Waals surface area (Å²) in [5, 5.41) is 9.15. The number of hydrogen-bond acceptors (Lipinski definition) is 4. The molecule has 6 heteroatoms. The predicted molar refractivity (Wildman–Crippen MR) is 119 cm³/mol. The van der Waals surface area contributed by atoms with Crippen LogP contribution in [0.5, 0.6) is 0 Å². The molecule has 0 radical (unpaired) electrons. The molecule has 4 nitrogen and oxygen atoms in total. The van der Waals surface area contributed by atoms with E-state index >= 15 is 0 Å². The zero-order valence-electron chi connectivity index (χ0n) is 19.7. The summed E-state index contributed by atoms with van der Waals surface area (Å²) in [6, 6.07) is 0. The normalized spacial score (nSPS) is 13.8. The number of unbranched alkanes of at least 4 members (excludes halogenated alkanes) is 14. The maximum atomic E-state index is 10.8. The third kappa shape index (κ3) is 24.0. The first-order chi connectivity index (χ1) is 13.4. The Hall–Kier alpha value is 1.51. The van der Waals surface area contributed by atoms with Gasteiger partial charge < -0.3 is 9.66 Å². The Morgan fingerprint density at radius 3 is 1.31 bits per heavy atom. The second-order valence-corrected chi connectivity index (χ2v) is 10.4. The molecule has 2 unspecified atom stereocenters. The first-order valence-electron chi connectivity index (χ1n) is 12.0. The van der Waals surface area contributed by atoms with Crippen LogP contribution in [0.25, 0.3) is 0 Å². The Morgan fingerprint density at radius 2 is 0.966 bits per heavy atom. The zero-order chi connectivity index (χ0) is 21.1. The summed E-state index contributed by atoms with van der Waals surface area (Å²) in [6.07, 6.45) is 21.9. The van der Waals surface area contributed by atoms with Gasteiger partial charge in [-0.1, -0.05) is 110 Å². The van der Waals surface area contributed by atoms with E-state index in [4.69, 9.17) is 0 Å². The Kier molecular flexibility index (Phi) is 25.6. The molecule has 2 atom stereocenters. The van der Waals surface area contributed by atoms with E-state index in [1.807, 2.05) is 0 Å². The van der Waals surface area contributed by atoms with Crippen molar-refractivity contribution < 1.29 is 69.5 Å². The molecule has 0 bridgehead atoms. The minimum absolute atomic E-state index is 0. The summed E-state index contributed by atoms with van der Waals surface area (Å²) in [5.74, 6) is 0. The molecular weight excluding hydrogens is 411 g/mol. The molecule has 0 heterocycles. The minimum atomic E-state index is -4.09. The number of hydrogen-bond donors (Lipinski definition) is 1. The van der Waals surface area contributed by atoms with Gasteiger partial charge in [0.15, 0.2) is 0 Å². The molecular formula is C23H47KO4S. The quantitative estimate of drug-likeness (QED) is 0.162. The van der Waals surface area contributed by atoms with Crippen molar-refractivity contribution in [2.45, 2.75) is 147 Å². The van der Waals surface area contributed by atoms with Gasteiger partial charge in [0.25, 0.3) is 0 Å². The molecule has 29 heavy (non-hydrogen) atoms. The fourth-order valence-corrected chi connectivity index (χ4v) is 4.13. The monoisotopic (exact) mass is 458 g/mol. The summed E-state index contributed by atoms with van der Waals surface area (Å²) >= 11 is 0. The first kappa shape index (κ1) is 32.7. The summed E-state index contributed by atoms with van der Waals surface area (Å²) in [6.45, 7) is 3.71. The molecule has 1 N–H and O–H groups in total. The van der Waals surface area contributed by atoms with Crippen LogP contribution in [0.3, 0.4) is 0 Å². The van der Waals surface area contributed by atoms with Gasteiger partial charge in [0.05, 0.1) is 16.2 Å². The second kappa shape index (κ2) is 22.7. The zero-order valence-corrected chi connectivity index (χ0v) is 23.6. The fraction of sp³-hybridized carbons (Fsp3) is 1.00. The SMILES string of the molecule is CCCCCC(O)CCCCCCCCCCCCCCCC(C)S(=O)(=O)[O-].[K+]. The smallest absolute Gasteiger partial charge is 0.748 e. The average Bonchev–Trinajstić information content (AvgIpc) is 2.64. The van der Waals surface area contributed by atoms with E-state index in [1.54, 1.807) is 0 Å². The summed E-state index contributed by atoms with van der Waals surface area (Å²) in [7, 11) is -4.09. The van der Waals surface area contributed by atoms with Gasteiger partial charge in [-0.3, -0.25) is 0 Å². The molecule has 0 aromatic heterocycles. The topological polar surface area (TPSA) is 77.4 Å². The summed E-state index contributed by atoms with van der Waals surface area (Å²) in [5.41, 5.74) is 0. The molecule has 0 fully saturated rings. The molecule has 0 aromatic carbocycles. The van der Waals surface area contributed by atoms with Gasteiger partial charge in [-0.05, 0) is 26.2 Å². The third-order valence-electron chi connectivity index (χ3n) is 5.78. The van der Waals surface area contributed by atoms with Gasteiger partial charge >= 0.3 is 51.4 Å². The van der Waals surface area contributed by atoms with Gasteiger partial charge in [0.1, 0.15) is 0 Å². The minimum Gasteiger partial charge on any atom is -0.748 e. The van der Waals surface area contributed by atoms with Gasteiger partial charge in [0.2, 0.25) is 0 Å². The molecule has 0 aliphatic heterocycles. The Balaban J connectivity index is 0. The molecule has 0 spiro atoms. The van der Waals surface area contributed by atoms with Crippen molar-refractivity contribution in [2.24, 2.45) is 0 Å².